The summed E-state index contributed by atoms with van der Waals surface area (Å²) in [6.07, 6.45) is 0. The minimum atomic E-state index is -4.09. The Balaban J connectivity index is 1.29. The van der Waals surface area contributed by atoms with Crippen molar-refractivity contribution in [2.24, 2.45) is 0 Å². The van der Waals surface area contributed by atoms with Crippen LogP contribution in [0.3, 0.4) is 0 Å². The molecule has 5 rings (SSSR count). The van der Waals surface area contributed by atoms with Gasteiger partial charge in [0.05, 0.1) is 6.66 Å². The van der Waals surface area contributed by atoms with Crippen molar-refractivity contribution in [3.05, 3.63) is 151 Å². The zero-order valence-electron chi connectivity index (χ0n) is 24.0. The number of hydrogen-bond acceptors (Lipinski definition) is 7. The molecular weight excluding hydrogens is 582 g/mol. The molecule has 0 N–H and O–H groups in total. The van der Waals surface area contributed by atoms with E-state index < -0.39 is 20.8 Å². The molecule has 9 heteroatoms. The van der Waals surface area contributed by atoms with Crippen molar-refractivity contribution in [3.8, 4) is 28.7 Å². The predicted molar refractivity (Wildman–Crippen MR) is 169 cm³/mol. The van der Waals surface area contributed by atoms with Gasteiger partial charge in [-0.15, -0.1) is 0 Å². The normalized spacial score (nSPS) is 12.9. The third kappa shape index (κ3) is 8.10. The number of benzene rings is 5. The topological polar surface area (TPSA) is 80.3 Å². The Morgan fingerprint density at radius 3 is 1.05 bits per heavy atom. The summed E-state index contributed by atoms with van der Waals surface area (Å²) in [6.45, 7) is 5.61. The molecule has 0 aliphatic heterocycles. The van der Waals surface area contributed by atoms with Crippen LogP contribution in [-0.4, -0.2) is 6.66 Å². The van der Waals surface area contributed by atoms with Crippen LogP contribution in [0.25, 0.3) is 0 Å². The summed E-state index contributed by atoms with van der Waals surface area (Å²) in [5.41, 5.74) is 1.59. The number of phosphoric ester groups is 1. The molecule has 0 spiro atoms. The van der Waals surface area contributed by atoms with Gasteiger partial charge in [-0.05, 0) is 71.8 Å². The lowest BCUT2D eigenvalue weighted by atomic mass is 9.78. The van der Waals surface area contributed by atoms with Gasteiger partial charge in [-0.1, -0.05) is 92.7 Å². The number of para-hydroxylation sites is 3. The molecule has 0 aliphatic carbocycles. The van der Waals surface area contributed by atoms with Crippen LogP contribution < -0.4 is 22.6 Å². The first-order valence-corrected chi connectivity index (χ1v) is 17.1. The monoisotopic (exact) mass is 614 g/mol. The summed E-state index contributed by atoms with van der Waals surface area (Å²) in [6, 6.07) is 41.1. The summed E-state index contributed by atoms with van der Waals surface area (Å²) < 4.78 is 55.2. The Hall–Kier alpha value is -4.44. The molecule has 0 saturated heterocycles. The first-order valence-electron chi connectivity index (χ1n) is 13.6. The van der Waals surface area contributed by atoms with Crippen LogP contribution in [0.5, 0.6) is 28.7 Å². The molecule has 0 fully saturated rings. The van der Waals surface area contributed by atoms with Crippen molar-refractivity contribution in [2.45, 2.75) is 19.3 Å². The van der Waals surface area contributed by atoms with Crippen molar-refractivity contribution < 1.29 is 31.7 Å². The van der Waals surface area contributed by atoms with E-state index in [1.54, 1.807) is 97.1 Å². The summed E-state index contributed by atoms with van der Waals surface area (Å²) in [4.78, 5) is 0. The van der Waals surface area contributed by atoms with Gasteiger partial charge in [0.1, 0.15) is 28.7 Å². The molecule has 1 atom stereocenters. The molecule has 5 aromatic rings. The fourth-order valence-electron chi connectivity index (χ4n) is 4.32. The molecule has 43 heavy (non-hydrogen) atoms. The number of phosphoric acid groups is 1. The van der Waals surface area contributed by atoms with E-state index in [1.165, 1.54) is 6.66 Å². The Labute approximate surface area is 252 Å². The lowest BCUT2D eigenvalue weighted by Crippen LogP contribution is -2.18. The molecule has 0 radical (unpaired) electrons. The standard InChI is InChI=1S/C34H32O7P2/c1-34(2,27-19-23-32(24-20-27)38-42(3,35)37-29-13-7-4-8-14-29)28-21-25-33(26-22-28)41-43(36,39-30-15-9-5-10-16-30)40-31-17-11-6-12-18-31/h4-26H,1-3H3. The van der Waals surface area contributed by atoms with E-state index >= 15 is 0 Å². The summed E-state index contributed by atoms with van der Waals surface area (Å²) in [5.74, 6) is 1.97. The van der Waals surface area contributed by atoms with Gasteiger partial charge in [-0.3, -0.25) is 0 Å². The number of hydrogen-bond donors (Lipinski definition) is 0. The minimum absolute atomic E-state index is 0.329. The van der Waals surface area contributed by atoms with Crippen molar-refractivity contribution >= 4 is 15.4 Å². The second-order valence-corrected chi connectivity index (χ2v) is 13.6. The van der Waals surface area contributed by atoms with E-state index in [9.17, 15) is 9.13 Å². The zero-order valence-corrected chi connectivity index (χ0v) is 25.8. The molecule has 0 aromatic heterocycles. The molecular formula is C34H32O7P2. The average Bonchev–Trinajstić information content (AvgIpc) is 2.98. The Bertz CT molecular complexity index is 1660. The van der Waals surface area contributed by atoms with Gasteiger partial charge in [0.2, 0.25) is 0 Å². The van der Waals surface area contributed by atoms with Gasteiger partial charge in [0.15, 0.2) is 0 Å². The Morgan fingerprint density at radius 2 is 0.698 bits per heavy atom. The molecule has 0 bridgehead atoms. The second kappa shape index (κ2) is 12.8. The first kappa shape index (κ1) is 30.0. The van der Waals surface area contributed by atoms with Gasteiger partial charge in [0.25, 0.3) is 0 Å². The van der Waals surface area contributed by atoms with Crippen molar-refractivity contribution in [1.29, 1.82) is 0 Å². The minimum Gasteiger partial charge on any atom is -0.416 e. The van der Waals surface area contributed by atoms with Crippen LogP contribution in [0, 0.1) is 0 Å². The Kier molecular flexibility index (Phi) is 8.96. The van der Waals surface area contributed by atoms with Crippen LogP contribution in [0.1, 0.15) is 25.0 Å². The summed E-state index contributed by atoms with van der Waals surface area (Å²) >= 11 is 0. The Morgan fingerprint density at radius 1 is 0.419 bits per heavy atom. The molecule has 0 aliphatic rings. The molecule has 220 valence electrons. The lowest BCUT2D eigenvalue weighted by Gasteiger charge is -2.27. The highest BCUT2D eigenvalue weighted by Gasteiger charge is 2.33. The first-order chi connectivity index (χ1) is 20.6. The lowest BCUT2D eigenvalue weighted by molar-refractivity contribution is 0.298. The molecule has 1 unspecified atom stereocenters. The van der Waals surface area contributed by atoms with Crippen LogP contribution in [-0.2, 0) is 14.5 Å². The highest BCUT2D eigenvalue weighted by atomic mass is 31.2. The maximum Gasteiger partial charge on any atom is 0.647 e. The van der Waals surface area contributed by atoms with Crippen molar-refractivity contribution in [3.63, 3.8) is 0 Å². The fraction of sp³-hybridized carbons (Fsp3) is 0.118. The van der Waals surface area contributed by atoms with E-state index in [0.29, 0.717) is 28.7 Å². The highest BCUT2D eigenvalue weighted by molar-refractivity contribution is 7.53. The molecule has 0 saturated carbocycles. The average molecular weight is 615 g/mol. The second-order valence-electron chi connectivity index (χ2n) is 10.3. The van der Waals surface area contributed by atoms with Crippen molar-refractivity contribution in [1.82, 2.24) is 0 Å². The fourth-order valence-corrected chi connectivity index (χ4v) is 6.62. The summed E-state index contributed by atoms with van der Waals surface area (Å²) in [5, 5.41) is 0. The molecule has 7 nitrogen and oxygen atoms in total. The van der Waals surface area contributed by atoms with Gasteiger partial charge in [-0.2, -0.15) is 4.57 Å². The molecule has 5 aromatic carbocycles. The third-order valence-electron chi connectivity index (χ3n) is 6.58. The van der Waals surface area contributed by atoms with Crippen LogP contribution in [0.4, 0.5) is 0 Å². The quantitative estimate of drug-likeness (QED) is 0.129. The van der Waals surface area contributed by atoms with E-state index in [4.69, 9.17) is 22.6 Å². The van der Waals surface area contributed by atoms with E-state index in [-0.39, 0.29) is 0 Å². The van der Waals surface area contributed by atoms with Crippen molar-refractivity contribution in [2.75, 3.05) is 6.66 Å². The van der Waals surface area contributed by atoms with Crippen LogP contribution >= 0.6 is 15.4 Å². The SMILES string of the molecule is CC(C)(c1ccc(OP(C)(=O)Oc2ccccc2)cc1)c1ccc(OP(=O)(Oc2ccccc2)Oc2ccccc2)cc1. The number of rotatable bonds is 12. The third-order valence-corrected chi connectivity index (χ3v) is 8.96. The summed E-state index contributed by atoms with van der Waals surface area (Å²) in [7, 11) is -7.47. The molecule has 0 amide bonds. The van der Waals surface area contributed by atoms with Crippen LogP contribution in [0.15, 0.2) is 140 Å². The van der Waals surface area contributed by atoms with E-state index in [0.717, 1.165) is 11.1 Å². The predicted octanol–water partition coefficient (Wildman–Crippen LogP) is 9.94. The largest absolute Gasteiger partial charge is 0.647 e. The van der Waals surface area contributed by atoms with Gasteiger partial charge in [-0.25, -0.2) is 4.57 Å². The van der Waals surface area contributed by atoms with Crippen LogP contribution in [0.2, 0.25) is 0 Å². The maximum atomic E-state index is 13.8. The van der Waals surface area contributed by atoms with Gasteiger partial charge < -0.3 is 22.6 Å². The highest BCUT2D eigenvalue weighted by Crippen LogP contribution is 2.50. The smallest absolute Gasteiger partial charge is 0.416 e. The zero-order chi connectivity index (χ0) is 30.3. The van der Waals surface area contributed by atoms with E-state index in [1.807, 2.05) is 42.5 Å². The van der Waals surface area contributed by atoms with E-state index in [2.05, 4.69) is 13.8 Å². The van der Waals surface area contributed by atoms with Gasteiger partial charge >= 0.3 is 15.4 Å². The molecule has 0 heterocycles. The maximum absolute atomic E-state index is 13.8. The van der Waals surface area contributed by atoms with Gasteiger partial charge in [0, 0.05) is 5.41 Å².